The zero-order valence-electron chi connectivity index (χ0n) is 24.5. The van der Waals surface area contributed by atoms with Crippen LogP contribution in [0.3, 0.4) is 0 Å². The second-order valence-electron chi connectivity index (χ2n) is 12.1. The number of hydrazine groups is 1. The molecule has 2 aliphatic rings. The number of hydrogen-bond acceptors (Lipinski definition) is 9. The Labute approximate surface area is 251 Å². The Kier molecular flexibility index (Phi) is 9.24. The summed E-state index contributed by atoms with van der Waals surface area (Å²) in [5, 5.41) is 26.4. The van der Waals surface area contributed by atoms with Crippen molar-refractivity contribution in [3.05, 3.63) is 80.4 Å². The standard InChI is InChI=1S/C28H36N4O8SeSi/c1-18(40-42(5,6)28(2,3)4)23-25(33)30-24(27(34)39-17-19-12-14-20(15-13-19)31(35)36)22(16-29(23)30)26(32(37)38)41-21-10-8-7-9-11-21/h7-15,18,22-24,26H,16-17H2,1-6H3/t18-,22-,23+,24+,26?/m1/s1. The third-order valence-corrected chi connectivity index (χ3v) is 15.5. The van der Waals surface area contributed by atoms with Crippen molar-refractivity contribution in [3.8, 4) is 0 Å². The number of hydrogen-bond donors (Lipinski definition) is 0. The molecule has 0 spiro atoms. The number of nitro groups is 2. The van der Waals surface area contributed by atoms with Crippen LogP contribution in [0.5, 0.6) is 0 Å². The Morgan fingerprint density at radius 1 is 1.10 bits per heavy atom. The number of ether oxygens (including phenoxy) is 1. The second kappa shape index (κ2) is 12.2. The second-order valence-corrected chi connectivity index (χ2v) is 19.3. The summed E-state index contributed by atoms with van der Waals surface area (Å²) in [5.41, 5.74) is 0.420. The summed E-state index contributed by atoms with van der Waals surface area (Å²) >= 11 is -0.625. The van der Waals surface area contributed by atoms with E-state index in [1.54, 1.807) is 5.01 Å². The van der Waals surface area contributed by atoms with Gasteiger partial charge >= 0.3 is 252 Å². The van der Waals surface area contributed by atoms with E-state index in [9.17, 15) is 29.8 Å². The van der Waals surface area contributed by atoms with Gasteiger partial charge in [-0.1, -0.05) is 0 Å². The zero-order valence-corrected chi connectivity index (χ0v) is 27.2. The number of fused-ring (bicyclic) bond motifs is 1. The molecule has 0 bridgehead atoms. The molecule has 0 N–H and O–H groups in total. The third-order valence-electron chi connectivity index (χ3n) is 8.22. The van der Waals surface area contributed by atoms with Crippen LogP contribution in [0.1, 0.15) is 33.3 Å². The van der Waals surface area contributed by atoms with E-state index in [1.807, 2.05) is 37.3 Å². The summed E-state index contributed by atoms with van der Waals surface area (Å²) in [5.74, 6) is -1.88. The van der Waals surface area contributed by atoms with Gasteiger partial charge in [0, 0.05) is 0 Å². The van der Waals surface area contributed by atoms with E-state index in [-0.39, 0.29) is 34.7 Å². The number of non-ortho nitro benzene ring substituents is 1. The minimum absolute atomic E-state index is 0.0829. The molecule has 226 valence electrons. The van der Waals surface area contributed by atoms with Gasteiger partial charge < -0.3 is 0 Å². The van der Waals surface area contributed by atoms with Gasteiger partial charge in [-0.3, -0.25) is 0 Å². The van der Waals surface area contributed by atoms with Crippen molar-refractivity contribution in [2.75, 3.05) is 6.54 Å². The van der Waals surface area contributed by atoms with Crippen molar-refractivity contribution < 1.29 is 28.6 Å². The molecule has 14 heteroatoms. The first-order chi connectivity index (χ1) is 19.6. The zero-order chi connectivity index (χ0) is 31.0. The molecular weight excluding hydrogens is 627 g/mol. The van der Waals surface area contributed by atoms with Gasteiger partial charge in [0.1, 0.15) is 0 Å². The topological polar surface area (TPSA) is 145 Å². The maximum atomic E-state index is 13.6. The molecule has 2 fully saturated rings. The molecule has 1 amide bonds. The van der Waals surface area contributed by atoms with Crippen molar-refractivity contribution in [1.82, 2.24) is 10.0 Å². The average Bonchev–Trinajstić information content (AvgIpc) is 3.24. The van der Waals surface area contributed by atoms with Crippen molar-refractivity contribution in [2.24, 2.45) is 5.92 Å². The summed E-state index contributed by atoms with van der Waals surface area (Å²) in [7, 11) is -2.23. The molecule has 0 saturated carbocycles. The molecule has 1 unspecified atom stereocenters. The number of carbonyl (C=O) groups excluding carboxylic acids is 2. The molecule has 0 aromatic heterocycles. The molecule has 0 aliphatic carbocycles. The Balaban J connectivity index is 1.59. The van der Waals surface area contributed by atoms with E-state index in [4.69, 9.17) is 9.16 Å². The first kappa shape index (κ1) is 31.8. The predicted molar refractivity (Wildman–Crippen MR) is 158 cm³/mol. The first-order valence-corrected chi connectivity index (χ1v) is 18.4. The summed E-state index contributed by atoms with van der Waals surface area (Å²) in [6, 6.07) is 12.8. The number of nitrogens with zero attached hydrogens (tertiary/aromatic N) is 4. The van der Waals surface area contributed by atoms with Crippen LogP contribution in [-0.4, -0.2) is 84.7 Å². The van der Waals surface area contributed by atoms with Crippen LogP contribution in [0.2, 0.25) is 18.1 Å². The van der Waals surface area contributed by atoms with E-state index in [0.717, 1.165) is 4.46 Å². The molecule has 4 rings (SSSR count). The number of carbonyl (C=O) groups is 2. The molecule has 5 atom stereocenters. The molecule has 0 radical (unpaired) electrons. The van der Waals surface area contributed by atoms with Gasteiger partial charge in [-0.25, -0.2) is 0 Å². The van der Waals surface area contributed by atoms with Crippen LogP contribution in [0.15, 0.2) is 54.6 Å². The van der Waals surface area contributed by atoms with Crippen molar-refractivity contribution >= 4 is 45.3 Å². The number of benzene rings is 2. The van der Waals surface area contributed by atoms with Gasteiger partial charge in [0.25, 0.3) is 0 Å². The molecule has 2 aliphatic heterocycles. The minimum atomic E-state index is -2.23. The fourth-order valence-corrected chi connectivity index (χ4v) is 8.71. The van der Waals surface area contributed by atoms with Gasteiger partial charge in [-0.2, -0.15) is 0 Å². The molecule has 2 aromatic carbocycles. The molecule has 2 heterocycles. The monoisotopic (exact) mass is 664 g/mol. The first-order valence-electron chi connectivity index (χ1n) is 13.6. The molecular formula is C28H36N4O8SeSi. The van der Waals surface area contributed by atoms with E-state index in [0.29, 0.717) is 5.56 Å². The fraction of sp³-hybridized carbons (Fsp3) is 0.500. The Morgan fingerprint density at radius 3 is 2.26 bits per heavy atom. The van der Waals surface area contributed by atoms with Gasteiger partial charge in [-0.05, 0) is 0 Å². The van der Waals surface area contributed by atoms with Crippen LogP contribution in [-0.2, 0) is 25.4 Å². The third kappa shape index (κ3) is 6.42. The molecule has 42 heavy (non-hydrogen) atoms. The van der Waals surface area contributed by atoms with E-state index in [2.05, 4.69) is 33.9 Å². The average molecular weight is 664 g/mol. The molecule has 2 aromatic rings. The van der Waals surface area contributed by atoms with Gasteiger partial charge in [0.15, 0.2) is 0 Å². The number of amides is 1. The summed E-state index contributed by atoms with van der Waals surface area (Å²) < 4.78 is 12.9. The van der Waals surface area contributed by atoms with Crippen molar-refractivity contribution in [3.63, 3.8) is 0 Å². The maximum absolute atomic E-state index is 13.6. The van der Waals surface area contributed by atoms with E-state index < -0.39 is 63.2 Å². The Morgan fingerprint density at radius 2 is 1.71 bits per heavy atom. The molecule has 12 nitrogen and oxygen atoms in total. The summed E-state index contributed by atoms with van der Waals surface area (Å²) in [6.07, 6.45) is -0.473. The fourth-order valence-electron chi connectivity index (χ4n) is 5.01. The van der Waals surface area contributed by atoms with Crippen molar-refractivity contribution in [2.45, 2.75) is 75.6 Å². The molecule has 2 saturated heterocycles. The Bertz CT molecular complexity index is 1340. The van der Waals surface area contributed by atoms with Crippen LogP contribution < -0.4 is 4.46 Å². The number of esters is 1. The quantitative estimate of drug-likeness (QED) is 0.153. The predicted octanol–water partition coefficient (Wildman–Crippen LogP) is 3.11. The normalized spacial score (nSPS) is 22.2. The summed E-state index contributed by atoms with van der Waals surface area (Å²) in [6.45, 7) is 12.3. The number of nitro benzene ring substituents is 1. The van der Waals surface area contributed by atoms with Crippen molar-refractivity contribution in [1.29, 1.82) is 0 Å². The van der Waals surface area contributed by atoms with Gasteiger partial charge in [0.05, 0.1) is 0 Å². The van der Waals surface area contributed by atoms with Crippen LogP contribution in [0.4, 0.5) is 5.69 Å². The number of rotatable bonds is 11. The van der Waals surface area contributed by atoms with Crippen LogP contribution in [0, 0.1) is 26.1 Å². The summed E-state index contributed by atoms with van der Waals surface area (Å²) in [4.78, 5) is 48.6. The van der Waals surface area contributed by atoms with E-state index in [1.165, 1.54) is 29.3 Å². The van der Waals surface area contributed by atoms with Gasteiger partial charge in [-0.15, -0.1) is 0 Å². The Hall–Kier alpha value is -3.16. The van der Waals surface area contributed by atoms with Gasteiger partial charge in [0.2, 0.25) is 0 Å². The van der Waals surface area contributed by atoms with E-state index >= 15 is 0 Å². The SMILES string of the molecule is C[C@@H](O[Si](C)(C)C(C)(C)C)[C@H]1C(=O)N2[C@H](C(=O)OCc3ccc([N+](=O)[O-])cc3)[C@H](C([Se]c3ccccc3)[N+](=O)[O-])CN12. The van der Waals surface area contributed by atoms with Crippen LogP contribution >= 0.6 is 0 Å². The van der Waals surface area contributed by atoms with Crippen LogP contribution in [0.25, 0.3) is 0 Å².